The first-order valence-corrected chi connectivity index (χ1v) is 7.03. The zero-order valence-electron chi connectivity index (χ0n) is 11.3. The lowest BCUT2D eigenvalue weighted by Crippen LogP contribution is -2.33. The van der Waals surface area contributed by atoms with Crippen molar-refractivity contribution in [2.45, 2.75) is 29.4 Å². The second kappa shape index (κ2) is 6.06. The van der Waals surface area contributed by atoms with Gasteiger partial charge in [0.05, 0.1) is 0 Å². The summed E-state index contributed by atoms with van der Waals surface area (Å²) in [6, 6.07) is 7.80. The molecule has 1 aromatic carbocycles. The molecule has 0 aliphatic rings. The van der Waals surface area contributed by atoms with Crippen LogP contribution in [0.2, 0.25) is 0 Å². The van der Waals surface area contributed by atoms with Gasteiger partial charge in [-0.2, -0.15) is 4.98 Å². The van der Waals surface area contributed by atoms with Crippen molar-refractivity contribution >= 4 is 11.8 Å². The van der Waals surface area contributed by atoms with Gasteiger partial charge in [0.25, 0.3) is 0 Å². The van der Waals surface area contributed by atoms with Crippen LogP contribution in [0, 0.1) is 0 Å². The molecule has 106 valence electrons. The Kier molecular flexibility index (Phi) is 4.41. The molecule has 0 radical (unpaired) electrons. The largest absolute Gasteiger partial charge is 0.339 e. The van der Waals surface area contributed by atoms with Crippen molar-refractivity contribution in [3.63, 3.8) is 0 Å². The number of aryl methyl sites for hydroxylation is 1. The van der Waals surface area contributed by atoms with Crippen molar-refractivity contribution in [1.82, 2.24) is 14.8 Å². The minimum atomic E-state index is -0.782. The first-order chi connectivity index (χ1) is 9.51. The Bertz CT molecular complexity index is 706. The smallest absolute Gasteiger partial charge is 0.324 e. The molecule has 0 amide bonds. The van der Waals surface area contributed by atoms with Gasteiger partial charge in [0.2, 0.25) is 0 Å². The summed E-state index contributed by atoms with van der Waals surface area (Å²) in [5, 5.41) is 2.84. The number of hydrogen-bond acceptors (Lipinski definition) is 5. The SMILES string of the molecule is CC[C@H](N)c1ccc(Sc2nc(=O)c(=O)[nH]n2C)cc1. The van der Waals surface area contributed by atoms with E-state index < -0.39 is 11.1 Å². The molecule has 0 spiro atoms. The number of H-pyrrole nitrogens is 1. The molecular weight excluding hydrogens is 276 g/mol. The van der Waals surface area contributed by atoms with E-state index in [1.807, 2.05) is 31.2 Å². The highest BCUT2D eigenvalue weighted by Gasteiger charge is 2.07. The highest BCUT2D eigenvalue weighted by Crippen LogP contribution is 2.25. The van der Waals surface area contributed by atoms with E-state index in [2.05, 4.69) is 10.1 Å². The van der Waals surface area contributed by atoms with E-state index in [4.69, 9.17) is 5.73 Å². The highest BCUT2D eigenvalue weighted by molar-refractivity contribution is 7.99. The molecule has 0 bridgehead atoms. The summed E-state index contributed by atoms with van der Waals surface area (Å²) in [5.74, 6) is 0. The summed E-state index contributed by atoms with van der Waals surface area (Å²) in [4.78, 5) is 27.1. The molecule has 0 unspecified atom stereocenters. The topological polar surface area (TPSA) is 93.8 Å². The average Bonchev–Trinajstić information content (AvgIpc) is 2.44. The molecule has 1 atom stereocenters. The summed E-state index contributed by atoms with van der Waals surface area (Å²) in [6.45, 7) is 2.04. The molecule has 0 saturated heterocycles. The predicted molar refractivity (Wildman–Crippen MR) is 77.9 cm³/mol. The number of benzene rings is 1. The fourth-order valence-electron chi connectivity index (χ4n) is 1.68. The number of aromatic amines is 1. The summed E-state index contributed by atoms with van der Waals surface area (Å²) in [6.07, 6.45) is 0.877. The summed E-state index contributed by atoms with van der Waals surface area (Å²) >= 11 is 1.31. The van der Waals surface area contributed by atoms with Gasteiger partial charge in [-0.25, -0.2) is 0 Å². The molecule has 0 fully saturated rings. The predicted octanol–water partition coefficient (Wildman–Crippen LogP) is 1.03. The monoisotopic (exact) mass is 292 g/mol. The van der Waals surface area contributed by atoms with Crippen molar-refractivity contribution in [2.24, 2.45) is 12.8 Å². The Labute approximate surface area is 120 Å². The molecule has 2 rings (SSSR count). The van der Waals surface area contributed by atoms with Gasteiger partial charge in [-0.1, -0.05) is 30.8 Å². The number of nitrogens with two attached hydrogens (primary N) is 1. The Morgan fingerprint density at radius 2 is 2.00 bits per heavy atom. The van der Waals surface area contributed by atoms with Crippen molar-refractivity contribution in [2.75, 3.05) is 0 Å². The Hall–Kier alpha value is -1.86. The number of aromatic nitrogens is 3. The maximum atomic E-state index is 11.3. The van der Waals surface area contributed by atoms with Crippen molar-refractivity contribution in [1.29, 1.82) is 0 Å². The molecule has 6 nitrogen and oxygen atoms in total. The van der Waals surface area contributed by atoms with E-state index in [1.165, 1.54) is 16.4 Å². The van der Waals surface area contributed by atoms with Gasteiger partial charge in [-0.05, 0) is 24.1 Å². The van der Waals surface area contributed by atoms with Gasteiger partial charge in [-0.15, -0.1) is 0 Å². The maximum Gasteiger partial charge on any atom is 0.339 e. The minimum Gasteiger partial charge on any atom is -0.324 e. The first-order valence-electron chi connectivity index (χ1n) is 6.22. The molecule has 3 N–H and O–H groups in total. The third-order valence-corrected chi connectivity index (χ3v) is 3.96. The zero-order valence-corrected chi connectivity index (χ0v) is 12.1. The number of hydrogen-bond donors (Lipinski definition) is 2. The van der Waals surface area contributed by atoms with Crippen molar-refractivity contribution in [3.05, 3.63) is 50.5 Å². The molecule has 0 aliphatic heterocycles. The van der Waals surface area contributed by atoms with E-state index in [1.54, 1.807) is 7.05 Å². The lowest BCUT2D eigenvalue weighted by molar-refractivity contribution is 0.596. The molecule has 0 saturated carbocycles. The molecule has 0 aliphatic carbocycles. The van der Waals surface area contributed by atoms with Crippen LogP contribution in [-0.4, -0.2) is 14.8 Å². The molecule has 2 aromatic rings. The quantitative estimate of drug-likeness (QED) is 0.821. The van der Waals surface area contributed by atoms with E-state index in [0.29, 0.717) is 5.16 Å². The average molecular weight is 292 g/mol. The Morgan fingerprint density at radius 3 is 2.60 bits per heavy atom. The Morgan fingerprint density at radius 1 is 1.35 bits per heavy atom. The molecule has 7 heteroatoms. The van der Waals surface area contributed by atoms with Crippen LogP contribution < -0.4 is 16.9 Å². The van der Waals surface area contributed by atoms with Gasteiger partial charge >= 0.3 is 11.1 Å². The third-order valence-electron chi connectivity index (χ3n) is 2.90. The number of rotatable bonds is 4. The third kappa shape index (κ3) is 3.17. The van der Waals surface area contributed by atoms with Crippen molar-refractivity contribution < 1.29 is 0 Å². The summed E-state index contributed by atoms with van der Waals surface area (Å²) in [7, 11) is 1.64. The maximum absolute atomic E-state index is 11.3. The summed E-state index contributed by atoms with van der Waals surface area (Å²) < 4.78 is 1.43. The van der Waals surface area contributed by atoms with Crippen LogP contribution >= 0.6 is 11.8 Å². The van der Waals surface area contributed by atoms with Crippen LogP contribution in [0.25, 0.3) is 0 Å². The van der Waals surface area contributed by atoms with Gasteiger partial charge in [-0.3, -0.25) is 19.4 Å². The van der Waals surface area contributed by atoms with Crippen LogP contribution in [0.15, 0.2) is 43.9 Å². The van der Waals surface area contributed by atoms with Crippen LogP contribution in [0.5, 0.6) is 0 Å². The zero-order chi connectivity index (χ0) is 14.7. The van der Waals surface area contributed by atoms with E-state index in [9.17, 15) is 9.59 Å². The molecule has 1 aromatic heterocycles. The minimum absolute atomic E-state index is 0.0320. The van der Waals surface area contributed by atoms with E-state index >= 15 is 0 Å². The second-order valence-corrected chi connectivity index (χ2v) is 5.43. The standard InChI is InChI=1S/C13H16N4O2S/c1-3-10(14)8-4-6-9(7-5-8)20-13-15-11(18)12(19)16-17(13)2/h4-7,10H,3,14H2,1-2H3,(H,16,19)/t10-/m0/s1. The molecule has 20 heavy (non-hydrogen) atoms. The lowest BCUT2D eigenvalue weighted by Gasteiger charge is -2.10. The van der Waals surface area contributed by atoms with Crippen LogP contribution in [0.1, 0.15) is 24.9 Å². The summed E-state index contributed by atoms with van der Waals surface area (Å²) in [5.41, 5.74) is 5.52. The number of nitrogens with zero attached hydrogens (tertiary/aromatic N) is 2. The highest BCUT2D eigenvalue weighted by atomic mass is 32.2. The molecular formula is C13H16N4O2S. The van der Waals surface area contributed by atoms with E-state index in [0.717, 1.165) is 16.9 Å². The van der Waals surface area contributed by atoms with Crippen LogP contribution in [0.4, 0.5) is 0 Å². The van der Waals surface area contributed by atoms with Crippen LogP contribution in [-0.2, 0) is 7.05 Å². The van der Waals surface area contributed by atoms with Crippen LogP contribution in [0.3, 0.4) is 0 Å². The first kappa shape index (κ1) is 14.5. The van der Waals surface area contributed by atoms with Crippen molar-refractivity contribution in [3.8, 4) is 0 Å². The van der Waals surface area contributed by atoms with Gasteiger partial charge < -0.3 is 5.73 Å². The normalized spacial score (nSPS) is 12.3. The second-order valence-electron chi connectivity index (χ2n) is 4.39. The van der Waals surface area contributed by atoms with Gasteiger partial charge in [0.15, 0.2) is 5.16 Å². The fourth-order valence-corrected chi connectivity index (χ4v) is 2.47. The molecule has 1 heterocycles. The van der Waals surface area contributed by atoms with E-state index in [-0.39, 0.29) is 6.04 Å². The van der Waals surface area contributed by atoms with Gasteiger partial charge in [0, 0.05) is 18.0 Å². The Balaban J connectivity index is 2.24. The fraction of sp³-hybridized carbons (Fsp3) is 0.308. The van der Waals surface area contributed by atoms with Gasteiger partial charge in [0.1, 0.15) is 0 Å². The lowest BCUT2D eigenvalue weighted by atomic mass is 10.1. The number of nitrogens with one attached hydrogen (secondary N) is 1.